The Morgan fingerprint density at radius 1 is 1.71 bits per heavy atom. The lowest BCUT2D eigenvalue weighted by molar-refractivity contribution is -0.115. The minimum Gasteiger partial charge on any atom is -0.463 e. The van der Waals surface area contributed by atoms with Gasteiger partial charge >= 0.3 is 6.01 Å². The molecule has 0 spiro atoms. The average Bonchev–Trinajstić information content (AvgIpc) is 2.53. The van der Waals surface area contributed by atoms with Gasteiger partial charge in [-0.05, 0) is 6.92 Å². The number of alkyl halides is 1. The molecule has 0 atom stereocenters. The molecule has 78 valence electrons. The van der Waals surface area contributed by atoms with Crippen molar-refractivity contribution in [3.63, 3.8) is 0 Å². The number of rotatable bonds is 5. The van der Waals surface area contributed by atoms with E-state index in [2.05, 4.69) is 20.5 Å². The van der Waals surface area contributed by atoms with Crippen molar-refractivity contribution < 1.29 is 9.53 Å². The third kappa shape index (κ3) is 3.21. The van der Waals surface area contributed by atoms with Gasteiger partial charge in [0.15, 0.2) is 0 Å². The molecule has 0 aliphatic rings. The lowest BCUT2D eigenvalue weighted by Crippen LogP contribution is -2.12. The number of aromatic amines is 1. The zero-order valence-electron chi connectivity index (χ0n) is 7.71. The molecule has 0 saturated carbocycles. The molecule has 0 fully saturated rings. The molecular weight excluding hydrogens is 208 g/mol. The molecule has 2 N–H and O–H groups in total. The molecule has 0 radical (unpaired) electrons. The second-order valence-corrected chi connectivity index (χ2v) is 2.76. The Hall–Kier alpha value is -1.30. The second kappa shape index (κ2) is 5.43. The van der Waals surface area contributed by atoms with Crippen LogP contribution >= 0.6 is 11.6 Å². The highest BCUT2D eigenvalue weighted by Crippen LogP contribution is 2.05. The first-order valence-corrected chi connectivity index (χ1v) is 4.70. The van der Waals surface area contributed by atoms with Gasteiger partial charge in [0, 0.05) is 12.3 Å². The van der Waals surface area contributed by atoms with Crippen LogP contribution in [0.5, 0.6) is 6.01 Å². The number of hydrogen-bond acceptors (Lipinski definition) is 4. The van der Waals surface area contributed by atoms with Crippen LogP contribution in [0.1, 0.15) is 13.3 Å². The van der Waals surface area contributed by atoms with E-state index in [1.54, 1.807) is 0 Å². The Balaban J connectivity index is 2.46. The topological polar surface area (TPSA) is 79.9 Å². The third-order valence-electron chi connectivity index (χ3n) is 1.32. The summed E-state index contributed by atoms with van der Waals surface area (Å²) >= 11 is 5.39. The SMILES string of the molecule is CCOc1n[nH]c(NC(=O)CCCl)n1. The number of carbonyl (C=O) groups excluding carboxylic acids is 1. The third-order valence-corrected chi connectivity index (χ3v) is 1.51. The molecule has 1 amide bonds. The molecule has 1 aromatic heterocycles. The summed E-state index contributed by atoms with van der Waals surface area (Å²) in [6, 6.07) is 0.216. The van der Waals surface area contributed by atoms with Gasteiger partial charge in [0.05, 0.1) is 6.61 Å². The molecule has 0 aromatic carbocycles. The maximum Gasteiger partial charge on any atom is 0.337 e. The van der Waals surface area contributed by atoms with Crippen molar-refractivity contribution >= 4 is 23.5 Å². The maximum absolute atomic E-state index is 11.1. The summed E-state index contributed by atoms with van der Waals surface area (Å²) < 4.78 is 5.00. The zero-order chi connectivity index (χ0) is 10.4. The van der Waals surface area contributed by atoms with E-state index in [0.29, 0.717) is 6.61 Å². The van der Waals surface area contributed by atoms with Crippen molar-refractivity contribution in [1.82, 2.24) is 15.2 Å². The number of halogens is 1. The van der Waals surface area contributed by atoms with Gasteiger partial charge in [-0.3, -0.25) is 10.1 Å². The van der Waals surface area contributed by atoms with E-state index in [1.165, 1.54) is 0 Å². The first kappa shape index (κ1) is 10.8. The molecule has 1 rings (SSSR count). The van der Waals surface area contributed by atoms with Gasteiger partial charge < -0.3 is 4.74 Å². The number of ether oxygens (including phenoxy) is 1. The van der Waals surface area contributed by atoms with Gasteiger partial charge in [0.2, 0.25) is 11.9 Å². The van der Waals surface area contributed by atoms with Gasteiger partial charge in [0.1, 0.15) is 0 Å². The van der Waals surface area contributed by atoms with Gasteiger partial charge in [-0.25, -0.2) is 5.10 Å². The van der Waals surface area contributed by atoms with E-state index in [0.717, 1.165) is 0 Å². The molecule has 1 aromatic rings. The molecule has 0 unspecified atom stereocenters. The molecule has 7 heteroatoms. The Labute approximate surface area is 86.0 Å². The Bertz CT molecular complexity index is 302. The first-order chi connectivity index (χ1) is 6.76. The van der Waals surface area contributed by atoms with Crippen LogP contribution in [-0.4, -0.2) is 33.6 Å². The van der Waals surface area contributed by atoms with Crippen LogP contribution < -0.4 is 10.1 Å². The highest BCUT2D eigenvalue weighted by atomic mass is 35.5. The lowest BCUT2D eigenvalue weighted by atomic mass is 10.4. The Morgan fingerprint density at radius 3 is 3.14 bits per heavy atom. The number of aromatic nitrogens is 3. The number of anilines is 1. The summed E-state index contributed by atoms with van der Waals surface area (Å²) in [5.74, 6) is 0.334. The van der Waals surface area contributed by atoms with Crippen LogP contribution in [0.15, 0.2) is 0 Å². The van der Waals surface area contributed by atoms with Crippen LogP contribution in [0.3, 0.4) is 0 Å². The monoisotopic (exact) mass is 218 g/mol. The Morgan fingerprint density at radius 2 is 2.50 bits per heavy atom. The maximum atomic E-state index is 11.1. The van der Waals surface area contributed by atoms with Gasteiger partial charge in [0.25, 0.3) is 0 Å². The fourth-order valence-corrected chi connectivity index (χ4v) is 0.948. The number of carbonyl (C=O) groups is 1. The molecule has 14 heavy (non-hydrogen) atoms. The zero-order valence-corrected chi connectivity index (χ0v) is 8.47. The van der Waals surface area contributed by atoms with E-state index in [-0.39, 0.29) is 30.2 Å². The van der Waals surface area contributed by atoms with Crippen LogP contribution in [0, 0.1) is 0 Å². The van der Waals surface area contributed by atoms with E-state index in [4.69, 9.17) is 16.3 Å². The van der Waals surface area contributed by atoms with Crippen LogP contribution in [0.2, 0.25) is 0 Å². The standard InChI is InChI=1S/C7H11ClN4O2/c1-2-14-7-10-6(11-12-7)9-5(13)3-4-8/h2-4H2,1H3,(H2,9,10,11,12,13). The van der Waals surface area contributed by atoms with Crippen molar-refractivity contribution in [3.05, 3.63) is 0 Å². The lowest BCUT2D eigenvalue weighted by Gasteiger charge is -1.96. The average molecular weight is 219 g/mol. The molecule has 1 heterocycles. The first-order valence-electron chi connectivity index (χ1n) is 4.17. The fourth-order valence-electron chi connectivity index (χ4n) is 0.776. The number of H-pyrrole nitrogens is 1. The fraction of sp³-hybridized carbons (Fsp3) is 0.571. The summed E-state index contributed by atoms with van der Waals surface area (Å²) in [4.78, 5) is 14.9. The van der Waals surface area contributed by atoms with Crippen molar-refractivity contribution in [1.29, 1.82) is 0 Å². The van der Waals surface area contributed by atoms with E-state index >= 15 is 0 Å². The van der Waals surface area contributed by atoms with Gasteiger partial charge in [-0.15, -0.1) is 16.7 Å². The highest BCUT2D eigenvalue weighted by Gasteiger charge is 2.06. The van der Waals surface area contributed by atoms with E-state index in [1.807, 2.05) is 6.92 Å². The molecule has 0 aliphatic heterocycles. The molecular formula is C7H11ClN4O2. The largest absolute Gasteiger partial charge is 0.463 e. The number of hydrogen-bond donors (Lipinski definition) is 2. The summed E-state index contributed by atoms with van der Waals surface area (Å²) in [5, 5.41) is 8.72. The summed E-state index contributed by atoms with van der Waals surface area (Å²) in [6.45, 7) is 2.30. The molecule has 6 nitrogen and oxygen atoms in total. The highest BCUT2D eigenvalue weighted by molar-refractivity contribution is 6.19. The number of nitrogens with zero attached hydrogens (tertiary/aromatic N) is 2. The minimum atomic E-state index is -0.209. The summed E-state index contributed by atoms with van der Waals surface area (Å²) in [6.07, 6.45) is 0.242. The normalized spacial score (nSPS) is 9.86. The van der Waals surface area contributed by atoms with Gasteiger partial charge in [-0.1, -0.05) is 0 Å². The number of nitrogens with one attached hydrogen (secondary N) is 2. The van der Waals surface area contributed by atoms with E-state index in [9.17, 15) is 4.79 Å². The molecule has 0 aliphatic carbocycles. The van der Waals surface area contributed by atoms with Crippen molar-refractivity contribution in [2.45, 2.75) is 13.3 Å². The minimum absolute atomic E-state index is 0.209. The van der Waals surface area contributed by atoms with Crippen molar-refractivity contribution in [2.75, 3.05) is 17.8 Å². The second-order valence-electron chi connectivity index (χ2n) is 2.39. The van der Waals surface area contributed by atoms with Crippen LogP contribution in [-0.2, 0) is 4.79 Å². The molecule has 0 bridgehead atoms. The predicted molar refractivity (Wildman–Crippen MR) is 51.5 cm³/mol. The van der Waals surface area contributed by atoms with Gasteiger partial charge in [-0.2, -0.15) is 4.98 Å². The van der Waals surface area contributed by atoms with Crippen molar-refractivity contribution in [2.24, 2.45) is 0 Å². The quantitative estimate of drug-likeness (QED) is 0.716. The molecule has 0 saturated heterocycles. The van der Waals surface area contributed by atoms with Crippen LogP contribution in [0.25, 0.3) is 0 Å². The Kier molecular flexibility index (Phi) is 4.18. The smallest absolute Gasteiger partial charge is 0.337 e. The van der Waals surface area contributed by atoms with Crippen molar-refractivity contribution in [3.8, 4) is 6.01 Å². The van der Waals surface area contributed by atoms with Crippen LogP contribution in [0.4, 0.5) is 5.95 Å². The summed E-state index contributed by atoms with van der Waals surface area (Å²) in [7, 11) is 0. The predicted octanol–water partition coefficient (Wildman–Crippen LogP) is 0.771. The summed E-state index contributed by atoms with van der Waals surface area (Å²) in [5.41, 5.74) is 0. The van der Waals surface area contributed by atoms with E-state index < -0.39 is 0 Å². The number of amides is 1.